The number of nitrogens with zero attached hydrogens (tertiary/aromatic N) is 2. The molecular weight excluding hydrogens is 327 g/mol. The molecule has 3 nitrogen and oxygen atoms in total. The first-order valence-corrected chi connectivity index (χ1v) is 6.28. The average molecular weight is 334 g/mol. The van der Waals surface area contributed by atoms with E-state index in [0.29, 0.717) is 21.3 Å². The van der Waals surface area contributed by atoms with Crippen molar-refractivity contribution in [1.82, 2.24) is 9.55 Å². The van der Waals surface area contributed by atoms with Crippen LogP contribution in [0, 0.1) is 0 Å². The zero-order valence-corrected chi connectivity index (χ0v) is 11.6. The fourth-order valence-electron chi connectivity index (χ4n) is 1.37. The van der Waals surface area contributed by atoms with Gasteiger partial charge in [0.15, 0.2) is 0 Å². The first-order valence-electron chi connectivity index (χ1n) is 4.74. The Kier molecular flexibility index (Phi) is 3.86. The molecule has 0 aliphatic heterocycles. The van der Waals surface area contributed by atoms with Crippen LogP contribution in [0.3, 0.4) is 0 Å². The molecule has 0 aromatic carbocycles. The van der Waals surface area contributed by atoms with Crippen LogP contribution < -0.4 is 5.56 Å². The van der Waals surface area contributed by atoms with Gasteiger partial charge in [0.05, 0.1) is 11.0 Å². The zero-order valence-electron chi connectivity index (χ0n) is 8.53. The van der Waals surface area contributed by atoms with Gasteiger partial charge in [-0.1, -0.05) is 29.3 Å². The molecule has 0 saturated carbocycles. The van der Waals surface area contributed by atoms with E-state index < -0.39 is 0 Å². The lowest BCUT2D eigenvalue weighted by Gasteiger charge is -2.07. The highest BCUT2D eigenvalue weighted by molar-refractivity contribution is 9.10. The molecule has 0 amide bonds. The Morgan fingerprint density at radius 3 is 2.76 bits per heavy atom. The van der Waals surface area contributed by atoms with E-state index in [1.54, 1.807) is 35.0 Å². The number of halogens is 3. The number of hydrogen-bond acceptors (Lipinski definition) is 2. The molecule has 0 unspecified atom stereocenters. The van der Waals surface area contributed by atoms with Crippen LogP contribution in [0.25, 0.3) is 0 Å². The van der Waals surface area contributed by atoms with Gasteiger partial charge in [0, 0.05) is 11.8 Å². The molecule has 0 N–H and O–H groups in total. The lowest BCUT2D eigenvalue weighted by Crippen LogP contribution is -2.20. The van der Waals surface area contributed by atoms with E-state index in [4.69, 9.17) is 23.2 Å². The summed E-state index contributed by atoms with van der Waals surface area (Å²) in [5.41, 5.74) is 0.634. The van der Waals surface area contributed by atoms with Crippen LogP contribution in [0.2, 0.25) is 10.3 Å². The van der Waals surface area contributed by atoms with Crippen molar-refractivity contribution >= 4 is 39.1 Å². The Morgan fingerprint density at radius 2 is 2.06 bits per heavy atom. The minimum atomic E-state index is -0.112. The molecule has 0 bridgehead atoms. The summed E-state index contributed by atoms with van der Waals surface area (Å²) in [6, 6.07) is 6.88. The fourth-order valence-corrected chi connectivity index (χ4v) is 2.16. The fraction of sp³-hybridized carbons (Fsp3) is 0.0909. The van der Waals surface area contributed by atoms with Gasteiger partial charge in [0.25, 0.3) is 5.56 Å². The second kappa shape index (κ2) is 5.21. The molecule has 2 rings (SSSR count). The van der Waals surface area contributed by atoms with E-state index in [1.165, 1.54) is 0 Å². The van der Waals surface area contributed by atoms with Crippen LogP contribution >= 0.6 is 39.1 Å². The van der Waals surface area contributed by atoms with Crippen molar-refractivity contribution in [3.8, 4) is 0 Å². The molecular formula is C11H7BrCl2N2O. The maximum Gasteiger partial charge on any atom is 0.265 e. The summed E-state index contributed by atoms with van der Waals surface area (Å²) in [6.07, 6.45) is 1.69. The minimum Gasteiger partial charge on any atom is -0.310 e. The van der Waals surface area contributed by atoms with E-state index in [9.17, 15) is 4.79 Å². The van der Waals surface area contributed by atoms with Gasteiger partial charge in [-0.05, 0) is 34.1 Å². The lowest BCUT2D eigenvalue weighted by atomic mass is 10.3. The zero-order chi connectivity index (χ0) is 12.4. The SMILES string of the molecule is O=c1c(Br)cccn1Cc1ccc(Cl)nc1Cl. The smallest absolute Gasteiger partial charge is 0.265 e. The molecule has 0 spiro atoms. The largest absolute Gasteiger partial charge is 0.310 e. The highest BCUT2D eigenvalue weighted by atomic mass is 79.9. The number of hydrogen-bond donors (Lipinski definition) is 0. The maximum absolute atomic E-state index is 11.8. The molecule has 0 atom stereocenters. The summed E-state index contributed by atoms with van der Waals surface area (Å²) in [7, 11) is 0. The summed E-state index contributed by atoms with van der Waals surface area (Å²) < 4.78 is 2.05. The highest BCUT2D eigenvalue weighted by Crippen LogP contribution is 2.17. The number of rotatable bonds is 2. The van der Waals surface area contributed by atoms with Crippen LogP contribution in [0.1, 0.15) is 5.56 Å². The van der Waals surface area contributed by atoms with Crippen LogP contribution in [0.4, 0.5) is 0 Å². The number of aromatic nitrogens is 2. The molecule has 0 aliphatic rings. The third-order valence-electron chi connectivity index (χ3n) is 2.21. The third-order valence-corrected chi connectivity index (χ3v) is 3.35. The molecule has 0 saturated heterocycles. The highest BCUT2D eigenvalue weighted by Gasteiger charge is 2.06. The molecule has 0 fully saturated rings. The van der Waals surface area contributed by atoms with Crippen LogP contribution in [0.5, 0.6) is 0 Å². The van der Waals surface area contributed by atoms with Gasteiger partial charge in [0.2, 0.25) is 0 Å². The summed E-state index contributed by atoms with van der Waals surface area (Å²) in [6.45, 7) is 0.362. The summed E-state index contributed by atoms with van der Waals surface area (Å²) >= 11 is 14.8. The average Bonchev–Trinajstić information content (AvgIpc) is 2.28. The maximum atomic E-state index is 11.8. The van der Waals surface area contributed by atoms with Crippen molar-refractivity contribution in [3.05, 3.63) is 61.2 Å². The summed E-state index contributed by atoms with van der Waals surface area (Å²) in [4.78, 5) is 15.7. The molecule has 17 heavy (non-hydrogen) atoms. The van der Waals surface area contributed by atoms with Crippen molar-refractivity contribution in [2.75, 3.05) is 0 Å². The third kappa shape index (κ3) is 2.89. The molecule has 2 aromatic rings. The van der Waals surface area contributed by atoms with Crippen LogP contribution in [0.15, 0.2) is 39.7 Å². The van der Waals surface area contributed by atoms with Crippen LogP contribution in [-0.4, -0.2) is 9.55 Å². The lowest BCUT2D eigenvalue weighted by molar-refractivity contribution is 0.752. The predicted octanol–water partition coefficient (Wildman–Crippen LogP) is 3.36. The van der Waals surface area contributed by atoms with E-state index in [-0.39, 0.29) is 5.56 Å². The van der Waals surface area contributed by atoms with Crippen molar-refractivity contribution in [2.45, 2.75) is 6.54 Å². The Balaban J connectivity index is 2.38. The van der Waals surface area contributed by atoms with Gasteiger partial charge in [-0.2, -0.15) is 0 Å². The molecule has 0 radical (unpaired) electrons. The molecule has 0 aliphatic carbocycles. The van der Waals surface area contributed by atoms with E-state index in [0.717, 1.165) is 5.56 Å². The number of pyridine rings is 2. The second-order valence-electron chi connectivity index (χ2n) is 3.37. The molecule has 88 valence electrons. The molecule has 6 heteroatoms. The quantitative estimate of drug-likeness (QED) is 0.790. The van der Waals surface area contributed by atoms with Gasteiger partial charge in [-0.3, -0.25) is 4.79 Å². The second-order valence-corrected chi connectivity index (χ2v) is 4.97. The molecule has 2 aromatic heterocycles. The van der Waals surface area contributed by atoms with Gasteiger partial charge < -0.3 is 4.57 Å². The topological polar surface area (TPSA) is 34.9 Å². The monoisotopic (exact) mass is 332 g/mol. The molecule has 2 heterocycles. The first-order chi connectivity index (χ1) is 8.08. The van der Waals surface area contributed by atoms with Crippen molar-refractivity contribution in [2.24, 2.45) is 0 Å². The summed E-state index contributed by atoms with van der Waals surface area (Å²) in [5.74, 6) is 0. The van der Waals surface area contributed by atoms with Gasteiger partial charge >= 0.3 is 0 Å². The minimum absolute atomic E-state index is 0.112. The normalized spacial score (nSPS) is 10.5. The van der Waals surface area contributed by atoms with Gasteiger partial charge in [-0.25, -0.2) is 4.98 Å². The predicted molar refractivity (Wildman–Crippen MR) is 71.8 cm³/mol. The van der Waals surface area contributed by atoms with Gasteiger partial charge in [-0.15, -0.1) is 0 Å². The van der Waals surface area contributed by atoms with Gasteiger partial charge in [0.1, 0.15) is 10.3 Å². The van der Waals surface area contributed by atoms with Crippen LogP contribution in [-0.2, 0) is 6.54 Å². The first kappa shape index (κ1) is 12.6. The van der Waals surface area contributed by atoms with Crippen molar-refractivity contribution in [3.63, 3.8) is 0 Å². The Labute approximate surface area is 116 Å². The summed E-state index contributed by atoms with van der Waals surface area (Å²) in [5, 5.41) is 0.643. The van der Waals surface area contributed by atoms with Crippen molar-refractivity contribution < 1.29 is 0 Å². The Morgan fingerprint density at radius 1 is 1.29 bits per heavy atom. The van der Waals surface area contributed by atoms with E-state index in [1.807, 2.05) is 0 Å². The van der Waals surface area contributed by atoms with E-state index in [2.05, 4.69) is 20.9 Å². The Bertz CT molecular complexity index is 613. The standard InChI is InChI=1S/C11H7BrCl2N2O/c12-8-2-1-5-16(11(8)17)6-7-3-4-9(13)15-10(7)14/h1-5H,6H2. The Hall–Kier alpha value is -0.840. The van der Waals surface area contributed by atoms with Crippen molar-refractivity contribution in [1.29, 1.82) is 0 Å². The van der Waals surface area contributed by atoms with E-state index >= 15 is 0 Å².